The number of amides is 1. The molecule has 0 radical (unpaired) electrons. The Morgan fingerprint density at radius 2 is 1.95 bits per heavy atom. The minimum atomic E-state index is 0.161. The van der Waals surface area contributed by atoms with Crippen molar-refractivity contribution in [3.63, 3.8) is 0 Å². The van der Waals surface area contributed by atoms with Gasteiger partial charge < -0.3 is 4.90 Å². The number of rotatable bonds is 5. The van der Waals surface area contributed by atoms with Crippen LogP contribution in [0.2, 0.25) is 4.34 Å². The van der Waals surface area contributed by atoms with Crippen molar-refractivity contribution >= 4 is 28.8 Å². The van der Waals surface area contributed by atoms with Crippen molar-refractivity contribution in [2.75, 3.05) is 7.05 Å². The molecular weight excluding hydrogens is 278 g/mol. The Hall–Kier alpha value is -1.32. The molecule has 0 unspecified atom stereocenters. The number of aryl methyl sites for hydroxylation is 1. The number of hydrogen-bond acceptors (Lipinski definition) is 2. The molecule has 1 aromatic carbocycles. The van der Waals surface area contributed by atoms with E-state index in [1.165, 1.54) is 16.9 Å². The quantitative estimate of drug-likeness (QED) is 0.816. The molecule has 0 aliphatic rings. The molecule has 0 aliphatic heterocycles. The molecule has 100 valence electrons. The molecule has 0 saturated heterocycles. The number of thiophene rings is 1. The van der Waals surface area contributed by atoms with Crippen LogP contribution in [0.5, 0.6) is 0 Å². The van der Waals surface area contributed by atoms with Crippen LogP contribution in [-0.4, -0.2) is 17.9 Å². The van der Waals surface area contributed by atoms with E-state index in [4.69, 9.17) is 11.6 Å². The van der Waals surface area contributed by atoms with Crippen LogP contribution in [0.15, 0.2) is 42.5 Å². The Kier molecular flexibility index (Phi) is 5.00. The van der Waals surface area contributed by atoms with Crippen LogP contribution in [0.4, 0.5) is 0 Å². The van der Waals surface area contributed by atoms with Crippen LogP contribution in [0.1, 0.15) is 16.9 Å². The van der Waals surface area contributed by atoms with Crippen molar-refractivity contribution in [2.24, 2.45) is 0 Å². The highest BCUT2D eigenvalue weighted by molar-refractivity contribution is 7.16. The zero-order chi connectivity index (χ0) is 13.7. The SMILES string of the molecule is CN(Cc1ccc(Cl)s1)C(=O)CCc1ccccc1. The summed E-state index contributed by atoms with van der Waals surface area (Å²) in [5.41, 5.74) is 1.20. The van der Waals surface area contributed by atoms with Gasteiger partial charge in [-0.15, -0.1) is 11.3 Å². The first-order valence-electron chi connectivity index (χ1n) is 6.17. The van der Waals surface area contributed by atoms with E-state index in [0.29, 0.717) is 13.0 Å². The van der Waals surface area contributed by atoms with Crippen molar-refractivity contribution in [1.82, 2.24) is 4.90 Å². The van der Waals surface area contributed by atoms with Crippen molar-refractivity contribution < 1.29 is 4.79 Å². The number of benzene rings is 1. The summed E-state index contributed by atoms with van der Waals surface area (Å²) >= 11 is 7.40. The van der Waals surface area contributed by atoms with Crippen molar-refractivity contribution in [2.45, 2.75) is 19.4 Å². The number of carbonyl (C=O) groups is 1. The molecule has 19 heavy (non-hydrogen) atoms. The van der Waals surface area contributed by atoms with Crippen LogP contribution in [0.25, 0.3) is 0 Å². The molecule has 2 rings (SSSR count). The number of halogens is 1. The highest BCUT2D eigenvalue weighted by atomic mass is 35.5. The largest absolute Gasteiger partial charge is 0.341 e. The highest BCUT2D eigenvalue weighted by Gasteiger charge is 2.10. The van der Waals surface area contributed by atoms with E-state index < -0.39 is 0 Å². The molecule has 2 aromatic rings. The van der Waals surface area contributed by atoms with Crippen molar-refractivity contribution in [3.05, 3.63) is 57.2 Å². The maximum absolute atomic E-state index is 12.0. The molecule has 1 heterocycles. The Balaban J connectivity index is 1.82. The third-order valence-electron chi connectivity index (χ3n) is 2.92. The first-order valence-corrected chi connectivity index (χ1v) is 7.36. The maximum atomic E-state index is 12.0. The summed E-state index contributed by atoms with van der Waals surface area (Å²) in [6.07, 6.45) is 1.33. The third-order valence-corrected chi connectivity index (χ3v) is 4.13. The van der Waals surface area contributed by atoms with Gasteiger partial charge in [0.15, 0.2) is 0 Å². The lowest BCUT2D eigenvalue weighted by Gasteiger charge is -2.16. The fourth-order valence-corrected chi connectivity index (χ4v) is 2.99. The van der Waals surface area contributed by atoms with Crippen LogP contribution >= 0.6 is 22.9 Å². The first-order chi connectivity index (χ1) is 9.15. The topological polar surface area (TPSA) is 20.3 Å². The van der Waals surface area contributed by atoms with E-state index in [2.05, 4.69) is 0 Å². The predicted octanol–water partition coefficient (Wildman–Crippen LogP) is 3.99. The number of nitrogens with zero attached hydrogens (tertiary/aromatic N) is 1. The molecule has 2 nitrogen and oxygen atoms in total. The van der Waals surface area contributed by atoms with E-state index >= 15 is 0 Å². The van der Waals surface area contributed by atoms with Gasteiger partial charge >= 0.3 is 0 Å². The molecule has 0 saturated carbocycles. The van der Waals surface area contributed by atoms with Gasteiger partial charge in [-0.25, -0.2) is 0 Å². The predicted molar refractivity (Wildman–Crippen MR) is 80.6 cm³/mol. The summed E-state index contributed by atoms with van der Waals surface area (Å²) in [6.45, 7) is 0.630. The standard InChI is InChI=1S/C15H16ClNOS/c1-17(11-13-8-9-14(16)19-13)15(18)10-7-12-5-3-2-4-6-12/h2-6,8-9H,7,10-11H2,1H3. The average Bonchev–Trinajstić information content (AvgIpc) is 2.82. The van der Waals surface area contributed by atoms with Gasteiger partial charge in [0.25, 0.3) is 0 Å². The van der Waals surface area contributed by atoms with Gasteiger partial charge in [-0.05, 0) is 24.1 Å². The summed E-state index contributed by atoms with van der Waals surface area (Å²) in [6, 6.07) is 13.9. The van der Waals surface area contributed by atoms with E-state index in [-0.39, 0.29) is 5.91 Å². The summed E-state index contributed by atoms with van der Waals surface area (Å²) in [5, 5.41) is 0. The number of hydrogen-bond donors (Lipinski definition) is 0. The molecule has 0 fully saturated rings. The Morgan fingerprint density at radius 1 is 1.21 bits per heavy atom. The molecule has 4 heteroatoms. The summed E-state index contributed by atoms with van der Waals surface area (Å²) in [4.78, 5) is 14.9. The minimum absolute atomic E-state index is 0.161. The fraction of sp³-hybridized carbons (Fsp3) is 0.267. The van der Waals surface area contributed by atoms with Gasteiger partial charge in [0.05, 0.1) is 10.9 Å². The second kappa shape index (κ2) is 6.73. The molecule has 0 aliphatic carbocycles. The Bertz CT molecular complexity index is 538. The second-order valence-electron chi connectivity index (χ2n) is 4.44. The Labute approximate surface area is 122 Å². The molecule has 1 amide bonds. The summed E-state index contributed by atoms with van der Waals surface area (Å²) in [5.74, 6) is 0.161. The smallest absolute Gasteiger partial charge is 0.222 e. The first kappa shape index (κ1) is 14.1. The van der Waals surface area contributed by atoms with Gasteiger partial charge in [0.1, 0.15) is 0 Å². The zero-order valence-electron chi connectivity index (χ0n) is 10.8. The van der Waals surface area contributed by atoms with E-state index in [9.17, 15) is 4.79 Å². The van der Waals surface area contributed by atoms with Gasteiger partial charge in [-0.1, -0.05) is 41.9 Å². The molecular formula is C15H16ClNOS. The number of carbonyl (C=O) groups excluding carboxylic acids is 1. The lowest BCUT2D eigenvalue weighted by atomic mass is 10.1. The van der Waals surface area contributed by atoms with Crippen LogP contribution in [-0.2, 0) is 17.8 Å². The average molecular weight is 294 g/mol. The normalized spacial score (nSPS) is 10.4. The summed E-state index contributed by atoms with van der Waals surface area (Å²) in [7, 11) is 1.83. The highest BCUT2D eigenvalue weighted by Crippen LogP contribution is 2.22. The van der Waals surface area contributed by atoms with Crippen LogP contribution < -0.4 is 0 Å². The van der Waals surface area contributed by atoms with Crippen molar-refractivity contribution in [3.8, 4) is 0 Å². The molecule has 0 N–H and O–H groups in total. The Morgan fingerprint density at radius 3 is 2.58 bits per heavy atom. The lowest BCUT2D eigenvalue weighted by molar-refractivity contribution is -0.130. The molecule has 0 atom stereocenters. The van der Waals surface area contributed by atoms with E-state index in [1.54, 1.807) is 4.90 Å². The molecule has 0 spiro atoms. The second-order valence-corrected chi connectivity index (χ2v) is 6.24. The van der Waals surface area contributed by atoms with Gasteiger partial charge in [0, 0.05) is 18.3 Å². The third kappa shape index (κ3) is 4.37. The van der Waals surface area contributed by atoms with Gasteiger partial charge in [-0.2, -0.15) is 0 Å². The van der Waals surface area contributed by atoms with E-state index in [0.717, 1.165) is 15.6 Å². The molecule has 1 aromatic heterocycles. The lowest BCUT2D eigenvalue weighted by Crippen LogP contribution is -2.25. The van der Waals surface area contributed by atoms with Crippen LogP contribution in [0.3, 0.4) is 0 Å². The molecule has 0 bridgehead atoms. The zero-order valence-corrected chi connectivity index (χ0v) is 12.4. The maximum Gasteiger partial charge on any atom is 0.222 e. The van der Waals surface area contributed by atoms with Gasteiger partial charge in [-0.3, -0.25) is 4.79 Å². The minimum Gasteiger partial charge on any atom is -0.341 e. The fourth-order valence-electron chi connectivity index (χ4n) is 1.85. The van der Waals surface area contributed by atoms with Crippen LogP contribution in [0, 0.1) is 0 Å². The monoisotopic (exact) mass is 293 g/mol. The van der Waals surface area contributed by atoms with E-state index in [1.807, 2.05) is 49.5 Å². The summed E-state index contributed by atoms with van der Waals surface area (Å²) < 4.78 is 0.764. The van der Waals surface area contributed by atoms with Crippen molar-refractivity contribution in [1.29, 1.82) is 0 Å². The van der Waals surface area contributed by atoms with Gasteiger partial charge in [0.2, 0.25) is 5.91 Å².